The van der Waals surface area contributed by atoms with Crippen molar-refractivity contribution in [2.24, 2.45) is 14.1 Å². The van der Waals surface area contributed by atoms with Crippen molar-refractivity contribution >= 4 is 22.6 Å². The zero-order chi connectivity index (χ0) is 24.1. The number of nitrogens with zero attached hydrogens (tertiary/aromatic N) is 7. The van der Waals surface area contributed by atoms with Crippen molar-refractivity contribution in [1.29, 1.82) is 0 Å². The molecule has 0 saturated carbocycles. The zero-order valence-electron chi connectivity index (χ0n) is 20.1. The predicted octanol–water partition coefficient (Wildman–Crippen LogP) is 1.65. The molecule has 0 bridgehead atoms. The van der Waals surface area contributed by atoms with Gasteiger partial charge in [-0.2, -0.15) is 4.98 Å². The Labute approximate surface area is 196 Å². The van der Waals surface area contributed by atoms with Crippen LogP contribution in [0, 0.1) is 19.7 Å². The Hall–Kier alpha value is -3.40. The van der Waals surface area contributed by atoms with Gasteiger partial charge in [0.1, 0.15) is 5.82 Å². The van der Waals surface area contributed by atoms with Crippen molar-refractivity contribution in [2.45, 2.75) is 26.8 Å². The highest BCUT2D eigenvalue weighted by Gasteiger charge is 2.22. The molecule has 1 fully saturated rings. The summed E-state index contributed by atoms with van der Waals surface area (Å²) in [6.07, 6.45) is 0.946. The first-order valence-electron chi connectivity index (χ1n) is 11.6. The van der Waals surface area contributed by atoms with Gasteiger partial charge in [-0.25, -0.2) is 9.18 Å². The van der Waals surface area contributed by atoms with Gasteiger partial charge in [-0.05, 0) is 51.1 Å². The van der Waals surface area contributed by atoms with Crippen LogP contribution in [0.25, 0.3) is 16.9 Å². The van der Waals surface area contributed by atoms with Crippen LogP contribution in [0.15, 0.2) is 33.9 Å². The van der Waals surface area contributed by atoms with Crippen molar-refractivity contribution < 1.29 is 4.39 Å². The van der Waals surface area contributed by atoms with Crippen LogP contribution < -0.4 is 16.1 Å². The molecule has 34 heavy (non-hydrogen) atoms. The first kappa shape index (κ1) is 22.4. The first-order valence-corrected chi connectivity index (χ1v) is 11.6. The van der Waals surface area contributed by atoms with Crippen LogP contribution >= 0.6 is 0 Å². The lowest BCUT2D eigenvalue weighted by Gasteiger charge is -2.36. The van der Waals surface area contributed by atoms with E-state index in [1.807, 2.05) is 30.4 Å². The second-order valence-corrected chi connectivity index (χ2v) is 9.11. The number of fused-ring (bicyclic) bond motifs is 3. The maximum Gasteiger partial charge on any atom is 0.332 e. The SMILES string of the molecule is Cc1c(C)n2c3c(=O)n(C)c(=O)n(C)c3nc2n1CCCN1CCN(c2ccc(F)cc2)CC1. The molecule has 0 aliphatic carbocycles. The van der Waals surface area contributed by atoms with Crippen LogP contribution in [0.1, 0.15) is 17.8 Å². The van der Waals surface area contributed by atoms with Gasteiger partial charge in [-0.15, -0.1) is 0 Å². The highest BCUT2D eigenvalue weighted by molar-refractivity contribution is 5.76. The first-order chi connectivity index (χ1) is 16.3. The molecule has 1 aliphatic rings. The number of aromatic nitrogens is 5. The second kappa shape index (κ2) is 8.43. The highest BCUT2D eigenvalue weighted by atomic mass is 19.1. The number of benzene rings is 1. The second-order valence-electron chi connectivity index (χ2n) is 9.11. The van der Waals surface area contributed by atoms with Gasteiger partial charge in [-0.1, -0.05) is 0 Å². The van der Waals surface area contributed by atoms with E-state index in [0.717, 1.165) is 67.3 Å². The molecular weight excluding hydrogens is 437 g/mol. The van der Waals surface area contributed by atoms with Gasteiger partial charge >= 0.3 is 5.69 Å². The lowest BCUT2D eigenvalue weighted by Crippen LogP contribution is -2.46. The highest BCUT2D eigenvalue weighted by Crippen LogP contribution is 2.21. The van der Waals surface area contributed by atoms with Crippen LogP contribution in [-0.4, -0.2) is 60.7 Å². The molecule has 4 heterocycles. The lowest BCUT2D eigenvalue weighted by molar-refractivity contribution is 0.250. The average Bonchev–Trinajstić information content (AvgIpc) is 3.34. The number of anilines is 1. The molecule has 4 aromatic rings. The van der Waals surface area contributed by atoms with Gasteiger partial charge in [0.15, 0.2) is 11.2 Å². The Morgan fingerprint density at radius 2 is 1.59 bits per heavy atom. The fourth-order valence-electron chi connectivity index (χ4n) is 4.99. The summed E-state index contributed by atoms with van der Waals surface area (Å²) < 4.78 is 19.8. The summed E-state index contributed by atoms with van der Waals surface area (Å²) in [5.41, 5.74) is 3.24. The van der Waals surface area contributed by atoms with E-state index in [1.165, 1.54) is 23.7 Å². The Balaban J connectivity index is 1.31. The van der Waals surface area contributed by atoms with E-state index in [0.29, 0.717) is 16.9 Å². The van der Waals surface area contributed by atoms with Crippen LogP contribution in [-0.2, 0) is 20.6 Å². The van der Waals surface area contributed by atoms with E-state index < -0.39 is 0 Å². The maximum absolute atomic E-state index is 13.2. The normalized spacial score (nSPS) is 15.1. The predicted molar refractivity (Wildman–Crippen MR) is 130 cm³/mol. The molecule has 1 aliphatic heterocycles. The lowest BCUT2D eigenvalue weighted by atomic mass is 10.2. The van der Waals surface area contributed by atoms with Crippen LogP contribution in [0.2, 0.25) is 0 Å². The summed E-state index contributed by atoms with van der Waals surface area (Å²) in [4.78, 5) is 34.7. The molecular formula is C24H30FN7O2. The van der Waals surface area contributed by atoms with Gasteiger partial charge in [0, 0.05) is 63.9 Å². The van der Waals surface area contributed by atoms with E-state index in [2.05, 4.69) is 14.4 Å². The fourth-order valence-corrected chi connectivity index (χ4v) is 4.99. The Bertz CT molecular complexity index is 1480. The number of hydrogen-bond donors (Lipinski definition) is 0. The number of imidazole rings is 2. The maximum atomic E-state index is 13.2. The number of rotatable bonds is 5. The number of aryl methyl sites for hydroxylation is 3. The molecule has 5 rings (SSSR count). The molecule has 0 radical (unpaired) electrons. The Morgan fingerprint density at radius 1 is 0.912 bits per heavy atom. The monoisotopic (exact) mass is 467 g/mol. The fraction of sp³-hybridized carbons (Fsp3) is 0.458. The van der Waals surface area contributed by atoms with Crippen molar-refractivity contribution in [3.8, 4) is 0 Å². The molecule has 0 spiro atoms. The van der Waals surface area contributed by atoms with Crippen LogP contribution in [0.3, 0.4) is 0 Å². The molecule has 3 aromatic heterocycles. The summed E-state index contributed by atoms with van der Waals surface area (Å²) in [6.45, 7) is 9.52. The number of piperazine rings is 1. The standard InChI is InChI=1S/C24H30FN7O2/c1-16-17(2)32-20-21(27(3)24(34)28(4)22(20)33)26-23(32)31(16)11-5-10-29-12-14-30(15-13-29)19-8-6-18(25)7-9-19/h6-9H,5,10-15H2,1-4H3. The molecule has 0 atom stereocenters. The number of hydrogen-bond acceptors (Lipinski definition) is 5. The molecule has 10 heteroatoms. The van der Waals surface area contributed by atoms with Crippen molar-refractivity contribution in [3.05, 3.63) is 62.3 Å². The summed E-state index contributed by atoms with van der Waals surface area (Å²) >= 11 is 0. The summed E-state index contributed by atoms with van der Waals surface area (Å²) in [6, 6.07) is 6.70. The van der Waals surface area contributed by atoms with Gasteiger partial charge in [-0.3, -0.25) is 23.2 Å². The minimum Gasteiger partial charge on any atom is -0.369 e. The molecule has 9 nitrogen and oxygen atoms in total. The van der Waals surface area contributed by atoms with Crippen LogP contribution in [0.4, 0.5) is 10.1 Å². The van der Waals surface area contributed by atoms with E-state index >= 15 is 0 Å². The molecule has 0 unspecified atom stereocenters. The van der Waals surface area contributed by atoms with E-state index in [1.54, 1.807) is 7.05 Å². The molecule has 0 N–H and O–H groups in total. The topological polar surface area (TPSA) is 72.7 Å². The molecule has 1 aromatic carbocycles. The molecule has 0 amide bonds. The zero-order valence-corrected chi connectivity index (χ0v) is 20.1. The quantitative estimate of drug-likeness (QED) is 0.446. The molecule has 180 valence electrons. The van der Waals surface area contributed by atoms with Crippen LogP contribution in [0.5, 0.6) is 0 Å². The Morgan fingerprint density at radius 3 is 2.26 bits per heavy atom. The minimum absolute atomic E-state index is 0.208. The summed E-state index contributed by atoms with van der Waals surface area (Å²) in [7, 11) is 3.15. The largest absolute Gasteiger partial charge is 0.369 e. The number of halogens is 1. The minimum atomic E-state index is -0.376. The third kappa shape index (κ3) is 3.53. The smallest absolute Gasteiger partial charge is 0.332 e. The average molecular weight is 468 g/mol. The molecule has 1 saturated heterocycles. The Kier molecular flexibility index (Phi) is 5.55. The van der Waals surface area contributed by atoms with Crippen molar-refractivity contribution in [1.82, 2.24) is 28.0 Å². The van der Waals surface area contributed by atoms with Gasteiger partial charge in [0.05, 0.1) is 0 Å². The van der Waals surface area contributed by atoms with Gasteiger partial charge in [0.2, 0.25) is 5.78 Å². The third-order valence-corrected chi connectivity index (χ3v) is 7.17. The van der Waals surface area contributed by atoms with E-state index in [4.69, 9.17) is 4.98 Å². The van der Waals surface area contributed by atoms with Crippen molar-refractivity contribution in [3.63, 3.8) is 0 Å². The van der Waals surface area contributed by atoms with E-state index in [-0.39, 0.29) is 17.1 Å². The van der Waals surface area contributed by atoms with Gasteiger partial charge < -0.3 is 9.47 Å². The van der Waals surface area contributed by atoms with E-state index in [9.17, 15) is 14.0 Å². The van der Waals surface area contributed by atoms with Crippen molar-refractivity contribution in [2.75, 3.05) is 37.6 Å². The summed E-state index contributed by atoms with van der Waals surface area (Å²) in [5, 5.41) is 0. The summed E-state index contributed by atoms with van der Waals surface area (Å²) in [5.74, 6) is 0.490. The third-order valence-electron chi connectivity index (χ3n) is 7.17. The van der Waals surface area contributed by atoms with Gasteiger partial charge in [0.25, 0.3) is 5.56 Å².